The molecule has 0 radical (unpaired) electrons. The number of hydrogen-bond donors (Lipinski definition) is 2. The number of unbranched alkanes of at least 4 members (excludes halogenated alkanes) is 2. The highest BCUT2D eigenvalue weighted by Crippen LogP contribution is 2.08. The van der Waals surface area contributed by atoms with Gasteiger partial charge in [0.05, 0.1) is 0 Å². The van der Waals surface area contributed by atoms with Crippen molar-refractivity contribution >= 4 is 5.69 Å². The van der Waals surface area contributed by atoms with Crippen LogP contribution in [0.4, 0.5) is 10.1 Å². The second-order valence-corrected chi connectivity index (χ2v) is 3.22. The van der Waals surface area contributed by atoms with Crippen molar-refractivity contribution < 1.29 is 9.50 Å². The van der Waals surface area contributed by atoms with Crippen molar-refractivity contribution in [1.82, 2.24) is 0 Å². The van der Waals surface area contributed by atoms with E-state index in [-0.39, 0.29) is 12.4 Å². The smallest absolute Gasteiger partial charge is 0.123 e. The van der Waals surface area contributed by atoms with E-state index in [4.69, 9.17) is 5.11 Å². The molecule has 2 nitrogen and oxygen atoms in total. The molecule has 0 unspecified atom stereocenters. The maximum atomic E-state index is 12.5. The molecule has 0 aliphatic rings. The summed E-state index contributed by atoms with van der Waals surface area (Å²) in [4.78, 5) is 0. The minimum atomic E-state index is -0.212. The first-order valence-electron chi connectivity index (χ1n) is 4.93. The number of halogens is 1. The highest BCUT2D eigenvalue weighted by atomic mass is 19.1. The molecule has 0 saturated carbocycles. The number of aliphatic hydroxyl groups is 1. The van der Waals surface area contributed by atoms with Gasteiger partial charge in [-0.05, 0) is 43.5 Å². The lowest BCUT2D eigenvalue weighted by Crippen LogP contribution is -2.01. The summed E-state index contributed by atoms with van der Waals surface area (Å²) in [5, 5.41) is 11.7. The maximum absolute atomic E-state index is 12.5. The Morgan fingerprint density at radius 2 is 1.79 bits per heavy atom. The van der Waals surface area contributed by atoms with Crippen LogP contribution < -0.4 is 5.32 Å². The van der Waals surface area contributed by atoms with E-state index < -0.39 is 0 Å². The number of aliphatic hydroxyl groups excluding tert-OH is 1. The zero-order valence-electron chi connectivity index (χ0n) is 8.17. The Hall–Kier alpha value is -1.09. The quantitative estimate of drug-likeness (QED) is 0.686. The number of hydrogen-bond acceptors (Lipinski definition) is 2. The van der Waals surface area contributed by atoms with E-state index in [9.17, 15) is 4.39 Å². The lowest BCUT2D eigenvalue weighted by atomic mass is 10.2. The third-order valence-electron chi connectivity index (χ3n) is 2.01. The SMILES string of the molecule is OCCCCCNc1ccc(F)cc1. The standard InChI is InChI=1S/C11H16FNO/c12-10-4-6-11(7-5-10)13-8-2-1-3-9-14/h4-7,13-14H,1-3,8-9H2. The van der Waals surface area contributed by atoms with Gasteiger partial charge < -0.3 is 10.4 Å². The van der Waals surface area contributed by atoms with Gasteiger partial charge in [0.15, 0.2) is 0 Å². The average Bonchev–Trinajstić information content (AvgIpc) is 2.21. The van der Waals surface area contributed by atoms with E-state index in [1.165, 1.54) is 12.1 Å². The first kappa shape index (κ1) is 11.0. The highest BCUT2D eigenvalue weighted by molar-refractivity contribution is 5.42. The number of nitrogens with one attached hydrogen (secondary N) is 1. The Morgan fingerprint density at radius 3 is 2.43 bits per heavy atom. The Balaban J connectivity index is 2.15. The molecule has 0 bridgehead atoms. The predicted molar refractivity (Wildman–Crippen MR) is 55.8 cm³/mol. The Labute approximate surface area is 83.8 Å². The van der Waals surface area contributed by atoms with Gasteiger partial charge in [-0.25, -0.2) is 4.39 Å². The normalized spacial score (nSPS) is 10.1. The first-order chi connectivity index (χ1) is 6.83. The molecule has 0 saturated heterocycles. The topological polar surface area (TPSA) is 32.3 Å². The molecule has 0 amide bonds. The van der Waals surface area contributed by atoms with Crippen molar-refractivity contribution in [1.29, 1.82) is 0 Å². The Bertz CT molecular complexity index is 248. The molecule has 0 aliphatic heterocycles. The van der Waals surface area contributed by atoms with Crippen LogP contribution in [-0.2, 0) is 0 Å². The van der Waals surface area contributed by atoms with Gasteiger partial charge in [-0.1, -0.05) is 0 Å². The van der Waals surface area contributed by atoms with Crippen LogP contribution in [0.3, 0.4) is 0 Å². The third-order valence-corrected chi connectivity index (χ3v) is 2.01. The summed E-state index contributed by atoms with van der Waals surface area (Å²) in [5.41, 5.74) is 0.940. The second-order valence-electron chi connectivity index (χ2n) is 3.22. The van der Waals surface area contributed by atoms with Crippen LogP contribution in [0.25, 0.3) is 0 Å². The summed E-state index contributed by atoms with van der Waals surface area (Å²) < 4.78 is 12.5. The van der Waals surface area contributed by atoms with E-state index in [1.54, 1.807) is 12.1 Å². The number of rotatable bonds is 6. The lowest BCUT2D eigenvalue weighted by Gasteiger charge is -2.05. The molecule has 0 spiro atoms. The summed E-state index contributed by atoms with van der Waals surface area (Å²) in [6.07, 6.45) is 2.90. The van der Waals surface area contributed by atoms with Crippen molar-refractivity contribution in [3.05, 3.63) is 30.1 Å². The summed E-state index contributed by atoms with van der Waals surface area (Å²) in [6.45, 7) is 1.13. The molecule has 0 fully saturated rings. The number of anilines is 1. The summed E-state index contributed by atoms with van der Waals surface area (Å²) in [5.74, 6) is -0.212. The van der Waals surface area contributed by atoms with Crippen molar-refractivity contribution in [3.8, 4) is 0 Å². The molecular formula is C11H16FNO. The Kier molecular flexibility index (Phi) is 5.00. The van der Waals surface area contributed by atoms with Gasteiger partial charge in [-0.15, -0.1) is 0 Å². The first-order valence-corrected chi connectivity index (χ1v) is 4.93. The van der Waals surface area contributed by atoms with Gasteiger partial charge in [-0.3, -0.25) is 0 Å². The highest BCUT2D eigenvalue weighted by Gasteiger charge is 1.92. The molecule has 2 N–H and O–H groups in total. The lowest BCUT2D eigenvalue weighted by molar-refractivity contribution is 0.283. The molecule has 1 aromatic rings. The third kappa shape index (κ3) is 4.23. The summed E-state index contributed by atoms with van der Waals surface area (Å²) in [6, 6.07) is 6.33. The van der Waals surface area contributed by atoms with Crippen LogP contribution in [0.2, 0.25) is 0 Å². The van der Waals surface area contributed by atoms with E-state index in [0.29, 0.717) is 0 Å². The van der Waals surface area contributed by atoms with Gasteiger partial charge in [0.1, 0.15) is 5.82 Å². The molecular weight excluding hydrogens is 181 g/mol. The van der Waals surface area contributed by atoms with Crippen molar-refractivity contribution in [2.45, 2.75) is 19.3 Å². The maximum Gasteiger partial charge on any atom is 0.123 e. The van der Waals surface area contributed by atoms with Gasteiger partial charge in [-0.2, -0.15) is 0 Å². The average molecular weight is 197 g/mol. The van der Waals surface area contributed by atoms with E-state index in [2.05, 4.69) is 5.32 Å². The minimum Gasteiger partial charge on any atom is -0.396 e. The number of benzene rings is 1. The zero-order chi connectivity index (χ0) is 10.2. The molecule has 1 rings (SSSR count). The summed E-state index contributed by atoms with van der Waals surface area (Å²) >= 11 is 0. The van der Waals surface area contributed by atoms with Gasteiger partial charge in [0, 0.05) is 18.8 Å². The monoisotopic (exact) mass is 197 g/mol. The van der Waals surface area contributed by atoms with Gasteiger partial charge >= 0.3 is 0 Å². The van der Waals surface area contributed by atoms with Crippen LogP contribution in [0.5, 0.6) is 0 Å². The molecule has 0 heterocycles. The predicted octanol–water partition coefficient (Wildman–Crippen LogP) is 2.40. The Morgan fingerprint density at radius 1 is 1.07 bits per heavy atom. The minimum absolute atomic E-state index is 0.212. The molecule has 3 heteroatoms. The van der Waals surface area contributed by atoms with Crippen LogP contribution >= 0.6 is 0 Å². The van der Waals surface area contributed by atoms with Gasteiger partial charge in [0.25, 0.3) is 0 Å². The fourth-order valence-electron chi connectivity index (χ4n) is 1.21. The van der Waals surface area contributed by atoms with Crippen LogP contribution in [-0.4, -0.2) is 18.3 Å². The van der Waals surface area contributed by atoms with E-state index in [0.717, 1.165) is 31.5 Å². The van der Waals surface area contributed by atoms with Crippen molar-refractivity contribution in [2.24, 2.45) is 0 Å². The van der Waals surface area contributed by atoms with Crippen LogP contribution in [0.1, 0.15) is 19.3 Å². The van der Waals surface area contributed by atoms with Crippen LogP contribution in [0.15, 0.2) is 24.3 Å². The summed E-state index contributed by atoms with van der Waals surface area (Å²) in [7, 11) is 0. The van der Waals surface area contributed by atoms with Crippen LogP contribution in [0, 0.1) is 5.82 Å². The van der Waals surface area contributed by atoms with E-state index >= 15 is 0 Å². The zero-order valence-corrected chi connectivity index (χ0v) is 8.17. The fourth-order valence-corrected chi connectivity index (χ4v) is 1.21. The van der Waals surface area contributed by atoms with E-state index in [1.807, 2.05) is 0 Å². The van der Waals surface area contributed by atoms with Crippen molar-refractivity contribution in [3.63, 3.8) is 0 Å². The second kappa shape index (κ2) is 6.38. The largest absolute Gasteiger partial charge is 0.396 e. The molecule has 0 aliphatic carbocycles. The van der Waals surface area contributed by atoms with Gasteiger partial charge in [0.2, 0.25) is 0 Å². The molecule has 0 atom stereocenters. The molecule has 14 heavy (non-hydrogen) atoms. The molecule has 0 aromatic heterocycles. The molecule has 1 aromatic carbocycles. The van der Waals surface area contributed by atoms with Crippen molar-refractivity contribution in [2.75, 3.05) is 18.5 Å². The molecule has 78 valence electrons. The fraction of sp³-hybridized carbons (Fsp3) is 0.455.